The van der Waals surface area contributed by atoms with Crippen molar-refractivity contribution in [1.29, 1.82) is 0 Å². The molecule has 1 fully saturated rings. The lowest BCUT2D eigenvalue weighted by molar-refractivity contribution is -0.141. The van der Waals surface area contributed by atoms with Crippen LogP contribution in [0.15, 0.2) is 30.7 Å². The van der Waals surface area contributed by atoms with E-state index in [2.05, 4.69) is 19.9 Å². The van der Waals surface area contributed by atoms with Crippen LogP contribution in [-0.2, 0) is 12.7 Å². The number of rotatable bonds is 4. The molecule has 3 rings (SSSR count). The Kier molecular flexibility index (Phi) is 5.10. The highest BCUT2D eigenvalue weighted by molar-refractivity contribution is 6.29. The normalized spacial score (nSPS) is 18.5. The van der Waals surface area contributed by atoms with Crippen molar-refractivity contribution < 1.29 is 13.2 Å². The van der Waals surface area contributed by atoms with E-state index in [4.69, 9.17) is 11.6 Å². The molecule has 3 heterocycles. The summed E-state index contributed by atoms with van der Waals surface area (Å²) in [5, 5.41) is 0.451. The van der Waals surface area contributed by atoms with E-state index in [-0.39, 0.29) is 11.9 Å². The number of pyridine rings is 1. The van der Waals surface area contributed by atoms with Crippen molar-refractivity contribution in [3.63, 3.8) is 0 Å². The second-order valence-corrected chi connectivity index (χ2v) is 6.42. The van der Waals surface area contributed by atoms with E-state index in [0.717, 1.165) is 44.0 Å². The molecule has 9 heteroatoms. The van der Waals surface area contributed by atoms with Crippen LogP contribution in [0.2, 0.25) is 5.15 Å². The molecule has 0 bridgehead atoms. The van der Waals surface area contributed by atoms with Crippen LogP contribution < -0.4 is 4.90 Å². The molecule has 5 nitrogen and oxygen atoms in total. The maximum absolute atomic E-state index is 12.8. The van der Waals surface area contributed by atoms with Crippen LogP contribution in [0.5, 0.6) is 0 Å². The van der Waals surface area contributed by atoms with Gasteiger partial charge in [-0.3, -0.25) is 4.90 Å². The van der Waals surface area contributed by atoms with Crippen LogP contribution in [0, 0.1) is 0 Å². The SMILES string of the molecule is CN(c1cc(C(F)(F)F)ncn1)C1CCN(Cc2ccc(Cl)nc2)C1. The van der Waals surface area contributed by atoms with Crippen LogP contribution in [0.1, 0.15) is 17.7 Å². The van der Waals surface area contributed by atoms with Crippen molar-refractivity contribution in [1.82, 2.24) is 19.9 Å². The molecule has 2 aromatic rings. The molecule has 1 aliphatic rings. The molecule has 0 spiro atoms. The lowest BCUT2D eigenvalue weighted by Gasteiger charge is -2.26. The Hall–Kier alpha value is -1.93. The van der Waals surface area contributed by atoms with Gasteiger partial charge in [-0.15, -0.1) is 0 Å². The van der Waals surface area contributed by atoms with Gasteiger partial charge < -0.3 is 4.90 Å². The molecule has 1 atom stereocenters. The number of alkyl halides is 3. The van der Waals surface area contributed by atoms with Crippen LogP contribution in [0.4, 0.5) is 19.0 Å². The molecule has 0 N–H and O–H groups in total. The Labute approximate surface area is 148 Å². The van der Waals surface area contributed by atoms with Gasteiger partial charge >= 0.3 is 6.18 Å². The first-order chi connectivity index (χ1) is 11.8. The van der Waals surface area contributed by atoms with Gasteiger partial charge in [0.1, 0.15) is 23.0 Å². The molecular weight excluding hydrogens is 355 g/mol. The third-order valence-corrected chi connectivity index (χ3v) is 4.52. The maximum atomic E-state index is 12.8. The van der Waals surface area contributed by atoms with E-state index in [1.165, 1.54) is 0 Å². The van der Waals surface area contributed by atoms with Gasteiger partial charge in [0.2, 0.25) is 0 Å². The summed E-state index contributed by atoms with van der Waals surface area (Å²) in [6.45, 7) is 2.32. The van der Waals surface area contributed by atoms with Crippen LogP contribution in [0.25, 0.3) is 0 Å². The molecule has 0 aromatic carbocycles. The number of halogens is 4. The quantitative estimate of drug-likeness (QED) is 0.772. The number of anilines is 1. The van der Waals surface area contributed by atoms with Crippen LogP contribution in [0.3, 0.4) is 0 Å². The zero-order valence-corrected chi connectivity index (χ0v) is 14.3. The van der Waals surface area contributed by atoms with Crippen molar-refractivity contribution in [3.05, 3.63) is 47.1 Å². The second kappa shape index (κ2) is 7.13. The van der Waals surface area contributed by atoms with E-state index >= 15 is 0 Å². The van der Waals surface area contributed by atoms with Crippen molar-refractivity contribution >= 4 is 17.4 Å². The van der Waals surface area contributed by atoms with Crippen LogP contribution >= 0.6 is 11.6 Å². The monoisotopic (exact) mass is 371 g/mol. The first kappa shape index (κ1) is 17.9. The first-order valence-corrected chi connectivity index (χ1v) is 8.15. The molecule has 0 radical (unpaired) electrons. The molecule has 0 amide bonds. The summed E-state index contributed by atoms with van der Waals surface area (Å²) in [4.78, 5) is 15.4. The van der Waals surface area contributed by atoms with Crippen molar-refractivity contribution in [2.24, 2.45) is 0 Å². The Balaban J connectivity index is 1.64. The molecule has 1 aliphatic heterocycles. The number of aromatic nitrogens is 3. The standard InChI is InChI=1S/C16H17ClF3N5/c1-24(15-6-13(16(18,19)20)22-10-23-15)12-4-5-25(9-12)8-11-2-3-14(17)21-7-11/h2-3,6-7,10,12H,4-5,8-9H2,1H3. The molecular formula is C16H17ClF3N5. The Morgan fingerprint density at radius 3 is 2.76 bits per heavy atom. The van der Waals surface area contributed by atoms with Crippen molar-refractivity contribution in [2.75, 3.05) is 25.0 Å². The minimum absolute atomic E-state index is 0.0937. The van der Waals surface area contributed by atoms with Gasteiger partial charge in [0, 0.05) is 45.0 Å². The summed E-state index contributed by atoms with van der Waals surface area (Å²) in [6, 6.07) is 4.75. The average molecular weight is 372 g/mol. The second-order valence-electron chi connectivity index (χ2n) is 6.04. The number of likely N-dealkylation sites (tertiary alicyclic amines) is 1. The van der Waals surface area contributed by atoms with Gasteiger partial charge in [0.05, 0.1) is 0 Å². The molecule has 0 aliphatic carbocycles. The van der Waals surface area contributed by atoms with Gasteiger partial charge in [0.15, 0.2) is 0 Å². The largest absolute Gasteiger partial charge is 0.433 e. The topological polar surface area (TPSA) is 45.2 Å². The lowest BCUT2D eigenvalue weighted by atomic mass is 10.2. The first-order valence-electron chi connectivity index (χ1n) is 7.78. The van der Waals surface area contributed by atoms with E-state index in [1.807, 2.05) is 6.07 Å². The fourth-order valence-corrected chi connectivity index (χ4v) is 3.02. The molecule has 2 aromatic heterocycles. The van der Waals surface area contributed by atoms with Crippen molar-refractivity contribution in [3.8, 4) is 0 Å². The summed E-state index contributed by atoms with van der Waals surface area (Å²) < 4.78 is 38.4. The Morgan fingerprint density at radius 2 is 2.08 bits per heavy atom. The van der Waals surface area contributed by atoms with Gasteiger partial charge in [0.25, 0.3) is 0 Å². The van der Waals surface area contributed by atoms with Crippen LogP contribution in [-0.4, -0.2) is 46.0 Å². The Bertz CT molecular complexity index is 722. The molecule has 0 saturated carbocycles. The van der Waals surface area contributed by atoms with E-state index in [1.54, 1.807) is 24.2 Å². The third kappa shape index (κ3) is 4.38. The number of likely N-dealkylation sites (N-methyl/N-ethyl adjacent to an activating group) is 1. The molecule has 1 unspecified atom stereocenters. The van der Waals surface area contributed by atoms with Gasteiger partial charge in [-0.1, -0.05) is 17.7 Å². The summed E-state index contributed by atoms with van der Waals surface area (Å²) in [5.74, 6) is 0.280. The summed E-state index contributed by atoms with van der Waals surface area (Å²) in [5.41, 5.74) is 0.125. The number of hydrogen-bond donors (Lipinski definition) is 0. The third-order valence-electron chi connectivity index (χ3n) is 4.29. The maximum Gasteiger partial charge on any atom is 0.433 e. The number of hydrogen-bond acceptors (Lipinski definition) is 5. The molecule has 1 saturated heterocycles. The summed E-state index contributed by atoms with van der Waals surface area (Å²) in [6.07, 6.45) is -0.926. The average Bonchev–Trinajstić information content (AvgIpc) is 3.04. The zero-order valence-electron chi connectivity index (χ0n) is 13.5. The minimum atomic E-state index is -4.47. The number of nitrogens with zero attached hydrogens (tertiary/aromatic N) is 5. The zero-order chi connectivity index (χ0) is 18.0. The fraction of sp³-hybridized carbons (Fsp3) is 0.438. The highest BCUT2D eigenvalue weighted by Crippen LogP contribution is 2.30. The van der Waals surface area contributed by atoms with Crippen molar-refractivity contribution in [2.45, 2.75) is 25.2 Å². The summed E-state index contributed by atoms with van der Waals surface area (Å²) in [7, 11) is 1.76. The molecule has 134 valence electrons. The highest BCUT2D eigenvalue weighted by atomic mass is 35.5. The lowest BCUT2D eigenvalue weighted by Crippen LogP contribution is -2.35. The van der Waals surface area contributed by atoms with Gasteiger partial charge in [-0.05, 0) is 18.1 Å². The van der Waals surface area contributed by atoms with Gasteiger partial charge in [-0.25, -0.2) is 15.0 Å². The minimum Gasteiger partial charge on any atom is -0.355 e. The van der Waals surface area contributed by atoms with E-state index in [0.29, 0.717) is 5.15 Å². The Morgan fingerprint density at radius 1 is 1.28 bits per heavy atom. The van der Waals surface area contributed by atoms with E-state index < -0.39 is 11.9 Å². The van der Waals surface area contributed by atoms with Gasteiger partial charge in [-0.2, -0.15) is 13.2 Å². The molecule has 25 heavy (non-hydrogen) atoms. The smallest absolute Gasteiger partial charge is 0.355 e. The summed E-state index contributed by atoms with van der Waals surface area (Å²) >= 11 is 5.78. The predicted octanol–water partition coefficient (Wildman–Crippen LogP) is 3.25. The highest BCUT2D eigenvalue weighted by Gasteiger charge is 2.34. The van der Waals surface area contributed by atoms with E-state index in [9.17, 15) is 13.2 Å². The predicted molar refractivity (Wildman–Crippen MR) is 88.4 cm³/mol. The fourth-order valence-electron chi connectivity index (χ4n) is 2.91.